The van der Waals surface area contributed by atoms with Crippen molar-refractivity contribution in [3.05, 3.63) is 24.3 Å². The third-order valence-corrected chi connectivity index (χ3v) is 3.34. The number of nitrogens with one attached hydrogen (secondary N) is 1. The molecular weight excluding hydrogens is 264 g/mol. The van der Waals surface area contributed by atoms with Crippen LogP contribution in [-0.4, -0.2) is 50.8 Å². The fourth-order valence-corrected chi connectivity index (χ4v) is 2.23. The molecule has 1 N–H and O–H groups in total. The van der Waals surface area contributed by atoms with Crippen molar-refractivity contribution in [3.63, 3.8) is 0 Å². The van der Waals surface area contributed by atoms with Gasteiger partial charge in [-0.05, 0) is 19.1 Å². The SMILES string of the molecule is COc1ccccc1OCCN1CCNC[C@H]1C.Cl. The zero-order valence-corrected chi connectivity index (χ0v) is 12.4. The Morgan fingerprint density at radius 2 is 2.05 bits per heavy atom. The second kappa shape index (κ2) is 8.25. The summed E-state index contributed by atoms with van der Waals surface area (Å²) in [6.07, 6.45) is 0. The maximum atomic E-state index is 5.79. The average Bonchev–Trinajstić information content (AvgIpc) is 2.41. The number of methoxy groups -OCH3 is 1. The van der Waals surface area contributed by atoms with Gasteiger partial charge in [0.2, 0.25) is 0 Å². The molecule has 1 fully saturated rings. The normalized spacial score (nSPS) is 19.6. The van der Waals surface area contributed by atoms with Crippen LogP contribution < -0.4 is 14.8 Å². The van der Waals surface area contributed by atoms with Crippen molar-refractivity contribution in [1.82, 2.24) is 10.2 Å². The maximum Gasteiger partial charge on any atom is 0.161 e. The smallest absolute Gasteiger partial charge is 0.161 e. The molecule has 0 spiro atoms. The number of piperazine rings is 1. The molecule has 0 unspecified atom stereocenters. The van der Waals surface area contributed by atoms with Gasteiger partial charge in [-0.1, -0.05) is 12.1 Å². The van der Waals surface area contributed by atoms with Crippen LogP contribution in [0, 0.1) is 0 Å². The van der Waals surface area contributed by atoms with Gasteiger partial charge in [-0.25, -0.2) is 0 Å². The molecule has 0 aromatic heterocycles. The number of ether oxygens (including phenoxy) is 2. The first kappa shape index (κ1) is 16.1. The topological polar surface area (TPSA) is 33.7 Å². The lowest BCUT2D eigenvalue weighted by molar-refractivity contribution is 0.142. The maximum absolute atomic E-state index is 5.79. The Kier molecular flexibility index (Phi) is 6.99. The number of rotatable bonds is 5. The van der Waals surface area contributed by atoms with Gasteiger partial charge >= 0.3 is 0 Å². The molecule has 1 aromatic rings. The number of hydrogen-bond acceptors (Lipinski definition) is 4. The molecule has 108 valence electrons. The van der Waals surface area contributed by atoms with Crippen LogP contribution in [0.2, 0.25) is 0 Å². The van der Waals surface area contributed by atoms with E-state index in [-0.39, 0.29) is 12.4 Å². The van der Waals surface area contributed by atoms with Crippen LogP contribution >= 0.6 is 12.4 Å². The Balaban J connectivity index is 0.00000180. The molecule has 0 radical (unpaired) electrons. The molecule has 0 saturated carbocycles. The summed E-state index contributed by atoms with van der Waals surface area (Å²) in [5, 5.41) is 3.39. The highest BCUT2D eigenvalue weighted by atomic mass is 35.5. The Hall–Kier alpha value is -0.970. The summed E-state index contributed by atoms with van der Waals surface area (Å²) < 4.78 is 11.1. The van der Waals surface area contributed by atoms with Crippen LogP contribution in [0.3, 0.4) is 0 Å². The highest BCUT2D eigenvalue weighted by Gasteiger charge is 2.17. The van der Waals surface area contributed by atoms with E-state index in [2.05, 4.69) is 17.1 Å². The van der Waals surface area contributed by atoms with E-state index in [9.17, 15) is 0 Å². The first-order valence-electron chi connectivity index (χ1n) is 6.52. The van der Waals surface area contributed by atoms with Crippen LogP contribution in [0.15, 0.2) is 24.3 Å². The van der Waals surface area contributed by atoms with Gasteiger partial charge < -0.3 is 14.8 Å². The lowest BCUT2D eigenvalue weighted by atomic mass is 10.2. The molecule has 1 saturated heterocycles. The molecule has 1 aliphatic heterocycles. The van der Waals surface area contributed by atoms with Crippen LogP contribution in [-0.2, 0) is 0 Å². The summed E-state index contributed by atoms with van der Waals surface area (Å²) in [4.78, 5) is 2.45. The van der Waals surface area contributed by atoms with Crippen molar-refractivity contribution in [2.45, 2.75) is 13.0 Å². The Labute approximate surface area is 121 Å². The standard InChI is InChI=1S/C14H22N2O2.ClH/c1-12-11-15-7-8-16(12)9-10-18-14-6-4-3-5-13(14)17-2;/h3-6,12,15H,7-11H2,1-2H3;1H/t12-;/m1./s1. The molecule has 1 aromatic carbocycles. The summed E-state index contributed by atoms with van der Waals surface area (Å²) >= 11 is 0. The zero-order valence-electron chi connectivity index (χ0n) is 11.6. The van der Waals surface area contributed by atoms with Gasteiger partial charge in [-0.15, -0.1) is 12.4 Å². The van der Waals surface area contributed by atoms with Gasteiger partial charge in [0.15, 0.2) is 11.5 Å². The third kappa shape index (κ3) is 4.56. The van der Waals surface area contributed by atoms with Gasteiger partial charge in [0.25, 0.3) is 0 Å². The van der Waals surface area contributed by atoms with E-state index in [4.69, 9.17) is 9.47 Å². The first-order chi connectivity index (χ1) is 8.81. The van der Waals surface area contributed by atoms with Gasteiger partial charge in [0, 0.05) is 32.2 Å². The average molecular weight is 287 g/mol. The number of halogens is 1. The van der Waals surface area contributed by atoms with E-state index in [0.717, 1.165) is 37.7 Å². The molecule has 1 atom stereocenters. The summed E-state index contributed by atoms with van der Waals surface area (Å²) in [5.74, 6) is 1.62. The number of nitrogens with zero attached hydrogens (tertiary/aromatic N) is 1. The zero-order chi connectivity index (χ0) is 12.8. The fraction of sp³-hybridized carbons (Fsp3) is 0.571. The molecule has 0 amide bonds. The highest BCUT2D eigenvalue weighted by molar-refractivity contribution is 5.85. The van der Waals surface area contributed by atoms with E-state index in [1.54, 1.807) is 7.11 Å². The van der Waals surface area contributed by atoms with E-state index < -0.39 is 0 Å². The first-order valence-corrected chi connectivity index (χ1v) is 6.52. The molecule has 0 bridgehead atoms. The van der Waals surface area contributed by atoms with Crippen LogP contribution in [0.4, 0.5) is 0 Å². The van der Waals surface area contributed by atoms with Crippen molar-refractivity contribution in [3.8, 4) is 11.5 Å². The minimum atomic E-state index is 0. The second-order valence-corrected chi connectivity index (χ2v) is 4.59. The lowest BCUT2D eigenvalue weighted by Gasteiger charge is -2.33. The molecule has 1 aliphatic rings. The van der Waals surface area contributed by atoms with Gasteiger partial charge in [0.1, 0.15) is 6.61 Å². The Bertz CT molecular complexity index is 376. The van der Waals surface area contributed by atoms with Crippen molar-refractivity contribution in [1.29, 1.82) is 0 Å². The molecule has 4 nitrogen and oxygen atoms in total. The molecule has 1 heterocycles. The van der Waals surface area contributed by atoms with Gasteiger partial charge in [-0.2, -0.15) is 0 Å². The van der Waals surface area contributed by atoms with Gasteiger partial charge in [-0.3, -0.25) is 4.90 Å². The molecule has 0 aliphatic carbocycles. The van der Waals surface area contributed by atoms with E-state index in [0.29, 0.717) is 12.6 Å². The van der Waals surface area contributed by atoms with Crippen molar-refractivity contribution >= 4 is 12.4 Å². The van der Waals surface area contributed by atoms with Crippen molar-refractivity contribution in [2.24, 2.45) is 0 Å². The van der Waals surface area contributed by atoms with Crippen LogP contribution in [0.5, 0.6) is 11.5 Å². The second-order valence-electron chi connectivity index (χ2n) is 4.59. The minimum absolute atomic E-state index is 0. The van der Waals surface area contributed by atoms with Gasteiger partial charge in [0.05, 0.1) is 7.11 Å². The Morgan fingerprint density at radius 3 is 2.74 bits per heavy atom. The minimum Gasteiger partial charge on any atom is -0.493 e. The van der Waals surface area contributed by atoms with Crippen molar-refractivity contribution in [2.75, 3.05) is 39.9 Å². The van der Waals surface area contributed by atoms with E-state index in [1.165, 1.54) is 0 Å². The van der Waals surface area contributed by atoms with Crippen LogP contribution in [0.25, 0.3) is 0 Å². The number of hydrogen-bond donors (Lipinski definition) is 1. The molecule has 5 heteroatoms. The molecule has 19 heavy (non-hydrogen) atoms. The Morgan fingerprint density at radius 1 is 1.32 bits per heavy atom. The van der Waals surface area contributed by atoms with E-state index in [1.807, 2.05) is 24.3 Å². The third-order valence-electron chi connectivity index (χ3n) is 3.34. The van der Waals surface area contributed by atoms with Crippen molar-refractivity contribution < 1.29 is 9.47 Å². The molecular formula is C14H23ClN2O2. The summed E-state index contributed by atoms with van der Waals surface area (Å²) in [7, 11) is 1.67. The summed E-state index contributed by atoms with van der Waals surface area (Å²) in [5.41, 5.74) is 0. The number of benzene rings is 1. The highest BCUT2D eigenvalue weighted by Crippen LogP contribution is 2.25. The predicted molar refractivity (Wildman–Crippen MR) is 79.6 cm³/mol. The number of para-hydroxylation sites is 2. The summed E-state index contributed by atoms with van der Waals surface area (Å²) in [6, 6.07) is 8.36. The monoisotopic (exact) mass is 286 g/mol. The quantitative estimate of drug-likeness (QED) is 0.895. The largest absolute Gasteiger partial charge is 0.493 e. The lowest BCUT2D eigenvalue weighted by Crippen LogP contribution is -2.50. The van der Waals surface area contributed by atoms with E-state index >= 15 is 0 Å². The van der Waals surface area contributed by atoms with Crippen LogP contribution in [0.1, 0.15) is 6.92 Å². The predicted octanol–water partition coefficient (Wildman–Crippen LogP) is 1.79. The summed E-state index contributed by atoms with van der Waals surface area (Å²) in [6.45, 7) is 7.13. The fourth-order valence-electron chi connectivity index (χ4n) is 2.23. The molecule has 2 rings (SSSR count).